The van der Waals surface area contributed by atoms with Gasteiger partial charge in [0.2, 0.25) is 0 Å². The molecule has 112 valence electrons. The van der Waals surface area contributed by atoms with Crippen molar-refractivity contribution in [1.29, 1.82) is 0 Å². The van der Waals surface area contributed by atoms with Gasteiger partial charge < -0.3 is 10.1 Å². The maximum atomic E-state index is 14.1. The summed E-state index contributed by atoms with van der Waals surface area (Å²) in [6.07, 6.45) is 3.73. The molecule has 0 aromatic heterocycles. The van der Waals surface area contributed by atoms with E-state index in [4.69, 9.17) is 16.3 Å². The molecule has 1 aliphatic heterocycles. The van der Waals surface area contributed by atoms with Gasteiger partial charge in [-0.3, -0.25) is 0 Å². The Hall–Kier alpha value is -0.640. The molecular weight excluding hydrogens is 277 g/mol. The van der Waals surface area contributed by atoms with Crippen LogP contribution in [0.1, 0.15) is 38.7 Å². The second kappa shape index (κ2) is 6.88. The molecule has 1 heterocycles. The van der Waals surface area contributed by atoms with Crippen LogP contribution in [-0.2, 0) is 11.2 Å². The normalized spacial score (nSPS) is 24.0. The number of hydrogen-bond acceptors (Lipinski definition) is 2. The van der Waals surface area contributed by atoms with Crippen molar-refractivity contribution in [2.24, 2.45) is 0 Å². The van der Waals surface area contributed by atoms with Gasteiger partial charge >= 0.3 is 0 Å². The maximum Gasteiger partial charge on any atom is 0.145 e. The standard InChI is InChI=1S/C16H23ClFNO/c1-3-9-19-14(16(2)8-5-10-20-16)11-12-6-4-7-13(17)15(12)18/h4,6-7,14,19H,3,5,8-11H2,1-2H3. The van der Waals surface area contributed by atoms with E-state index < -0.39 is 0 Å². The van der Waals surface area contributed by atoms with E-state index in [1.807, 2.05) is 0 Å². The third-order valence-electron chi connectivity index (χ3n) is 4.08. The number of halogens is 2. The summed E-state index contributed by atoms with van der Waals surface area (Å²) in [5.41, 5.74) is 0.437. The third kappa shape index (κ3) is 3.51. The van der Waals surface area contributed by atoms with Gasteiger partial charge in [-0.25, -0.2) is 4.39 Å². The SMILES string of the molecule is CCCNC(Cc1cccc(Cl)c1F)C1(C)CCCO1. The van der Waals surface area contributed by atoms with Crippen molar-refractivity contribution in [2.45, 2.75) is 51.2 Å². The van der Waals surface area contributed by atoms with Crippen LogP contribution in [0.4, 0.5) is 4.39 Å². The first-order valence-electron chi connectivity index (χ1n) is 7.37. The Kier molecular flexibility index (Phi) is 5.42. The lowest BCUT2D eigenvalue weighted by molar-refractivity contribution is -0.0116. The van der Waals surface area contributed by atoms with Gasteiger partial charge in [0.15, 0.2) is 0 Å². The van der Waals surface area contributed by atoms with E-state index in [9.17, 15) is 4.39 Å². The lowest BCUT2D eigenvalue weighted by Gasteiger charge is -2.34. The molecule has 2 nitrogen and oxygen atoms in total. The van der Waals surface area contributed by atoms with Crippen LogP contribution in [-0.4, -0.2) is 24.8 Å². The summed E-state index contributed by atoms with van der Waals surface area (Å²) in [5, 5.41) is 3.70. The van der Waals surface area contributed by atoms with Crippen molar-refractivity contribution in [2.75, 3.05) is 13.2 Å². The lowest BCUT2D eigenvalue weighted by atomic mass is 9.88. The molecule has 1 aliphatic rings. The zero-order valence-electron chi connectivity index (χ0n) is 12.2. The summed E-state index contributed by atoms with van der Waals surface area (Å²) in [4.78, 5) is 0. The first-order chi connectivity index (χ1) is 9.57. The summed E-state index contributed by atoms with van der Waals surface area (Å²) >= 11 is 5.87. The zero-order valence-corrected chi connectivity index (χ0v) is 13.0. The second-order valence-electron chi connectivity index (χ2n) is 5.69. The van der Waals surface area contributed by atoms with Crippen LogP contribution in [0, 0.1) is 5.82 Å². The van der Waals surface area contributed by atoms with E-state index in [1.165, 1.54) is 0 Å². The monoisotopic (exact) mass is 299 g/mol. The topological polar surface area (TPSA) is 21.3 Å². The Labute approximate surface area is 125 Å². The summed E-state index contributed by atoms with van der Waals surface area (Å²) in [6, 6.07) is 5.30. The van der Waals surface area contributed by atoms with Gasteiger partial charge in [-0.05, 0) is 50.8 Å². The minimum Gasteiger partial charge on any atom is -0.374 e. The number of rotatable bonds is 6. The highest BCUT2D eigenvalue weighted by Crippen LogP contribution is 2.31. The Balaban J connectivity index is 2.16. The molecule has 0 saturated carbocycles. The molecule has 1 saturated heterocycles. The van der Waals surface area contributed by atoms with Crippen LogP contribution in [0.5, 0.6) is 0 Å². The Morgan fingerprint density at radius 3 is 2.95 bits per heavy atom. The quantitative estimate of drug-likeness (QED) is 0.858. The van der Waals surface area contributed by atoms with Gasteiger partial charge in [0.1, 0.15) is 5.82 Å². The van der Waals surface area contributed by atoms with E-state index in [1.54, 1.807) is 18.2 Å². The largest absolute Gasteiger partial charge is 0.374 e. The molecule has 4 heteroatoms. The molecule has 2 rings (SSSR count). The molecule has 0 amide bonds. The van der Waals surface area contributed by atoms with Crippen LogP contribution < -0.4 is 5.32 Å². The van der Waals surface area contributed by atoms with Gasteiger partial charge in [0.25, 0.3) is 0 Å². The Bertz CT molecular complexity index is 446. The molecule has 1 aromatic rings. The van der Waals surface area contributed by atoms with Crippen molar-refractivity contribution in [3.63, 3.8) is 0 Å². The van der Waals surface area contributed by atoms with Gasteiger partial charge in [0.05, 0.1) is 10.6 Å². The highest BCUT2D eigenvalue weighted by Gasteiger charge is 2.38. The Morgan fingerprint density at radius 1 is 1.50 bits per heavy atom. The van der Waals surface area contributed by atoms with Crippen molar-refractivity contribution >= 4 is 11.6 Å². The molecule has 2 unspecified atom stereocenters. The molecule has 0 radical (unpaired) electrons. The highest BCUT2D eigenvalue weighted by atomic mass is 35.5. The number of hydrogen-bond donors (Lipinski definition) is 1. The molecule has 0 aliphatic carbocycles. The average molecular weight is 300 g/mol. The fourth-order valence-corrected chi connectivity index (χ4v) is 3.02. The molecule has 1 N–H and O–H groups in total. The van der Waals surface area contributed by atoms with Gasteiger partial charge in [-0.15, -0.1) is 0 Å². The van der Waals surface area contributed by atoms with Crippen LogP contribution >= 0.6 is 11.6 Å². The van der Waals surface area contributed by atoms with E-state index in [2.05, 4.69) is 19.2 Å². The fraction of sp³-hybridized carbons (Fsp3) is 0.625. The average Bonchev–Trinajstić information content (AvgIpc) is 2.87. The van der Waals surface area contributed by atoms with Crippen LogP contribution in [0.15, 0.2) is 18.2 Å². The molecule has 2 atom stereocenters. The van der Waals surface area contributed by atoms with Gasteiger partial charge in [0, 0.05) is 12.6 Å². The summed E-state index contributed by atoms with van der Waals surface area (Å²) in [7, 11) is 0. The van der Waals surface area contributed by atoms with E-state index >= 15 is 0 Å². The number of ether oxygens (including phenoxy) is 1. The summed E-state index contributed by atoms with van der Waals surface area (Å²) in [5.74, 6) is -0.306. The van der Waals surface area contributed by atoms with E-state index in [0.717, 1.165) is 32.4 Å². The molecule has 0 spiro atoms. The van der Waals surface area contributed by atoms with E-state index in [0.29, 0.717) is 12.0 Å². The third-order valence-corrected chi connectivity index (χ3v) is 4.37. The van der Waals surface area contributed by atoms with Crippen LogP contribution in [0.3, 0.4) is 0 Å². The highest BCUT2D eigenvalue weighted by molar-refractivity contribution is 6.30. The summed E-state index contributed by atoms with van der Waals surface area (Å²) in [6.45, 7) is 5.95. The first-order valence-corrected chi connectivity index (χ1v) is 7.75. The minimum atomic E-state index is -0.306. The van der Waals surface area contributed by atoms with Crippen molar-refractivity contribution in [1.82, 2.24) is 5.32 Å². The number of nitrogens with one attached hydrogen (secondary N) is 1. The van der Waals surface area contributed by atoms with E-state index in [-0.39, 0.29) is 22.5 Å². The smallest absolute Gasteiger partial charge is 0.145 e. The van der Waals surface area contributed by atoms with Crippen molar-refractivity contribution in [3.8, 4) is 0 Å². The van der Waals surface area contributed by atoms with Crippen molar-refractivity contribution in [3.05, 3.63) is 34.6 Å². The van der Waals surface area contributed by atoms with Crippen molar-refractivity contribution < 1.29 is 9.13 Å². The first kappa shape index (κ1) is 15.7. The number of benzene rings is 1. The predicted molar refractivity (Wildman–Crippen MR) is 80.8 cm³/mol. The zero-order chi connectivity index (χ0) is 14.6. The minimum absolute atomic E-state index is 0.109. The molecule has 20 heavy (non-hydrogen) atoms. The van der Waals surface area contributed by atoms with Crippen LogP contribution in [0.2, 0.25) is 5.02 Å². The maximum absolute atomic E-state index is 14.1. The second-order valence-corrected chi connectivity index (χ2v) is 6.10. The lowest BCUT2D eigenvalue weighted by Crippen LogP contribution is -2.50. The molecule has 1 fully saturated rings. The summed E-state index contributed by atoms with van der Waals surface area (Å²) < 4.78 is 20.0. The molecule has 1 aromatic carbocycles. The molecular formula is C16H23ClFNO. The Morgan fingerprint density at radius 2 is 2.30 bits per heavy atom. The predicted octanol–water partition coefficient (Wildman–Crippen LogP) is 3.96. The molecule has 0 bridgehead atoms. The van der Waals surface area contributed by atoms with Gasteiger partial charge in [-0.2, -0.15) is 0 Å². The van der Waals surface area contributed by atoms with Gasteiger partial charge in [-0.1, -0.05) is 30.7 Å². The fourth-order valence-electron chi connectivity index (χ4n) is 2.82. The van der Waals surface area contributed by atoms with Crippen LogP contribution in [0.25, 0.3) is 0 Å².